The van der Waals surface area contributed by atoms with Crippen LogP contribution in [-0.2, 0) is 0 Å². The lowest BCUT2D eigenvalue weighted by Gasteiger charge is -2.19. The molecule has 1 aliphatic carbocycles. The SMILES string of the molecule is CC1C=C(CN(C)C)N=C(C2=C3CC3N=[N+]=C2)S1. The van der Waals surface area contributed by atoms with Crippen LogP contribution in [-0.4, -0.2) is 52.9 Å². The zero-order chi connectivity index (χ0) is 12.7. The Balaban J connectivity index is 1.89. The number of rotatable bonds is 3. The first-order chi connectivity index (χ1) is 8.63. The molecule has 0 aromatic carbocycles. The maximum Gasteiger partial charge on any atom is 0.340 e. The molecule has 94 valence electrons. The van der Waals surface area contributed by atoms with Crippen LogP contribution in [0.1, 0.15) is 13.3 Å². The molecule has 2 atom stereocenters. The predicted molar refractivity (Wildman–Crippen MR) is 75.3 cm³/mol. The zero-order valence-electron chi connectivity index (χ0n) is 10.9. The van der Waals surface area contributed by atoms with E-state index >= 15 is 0 Å². The number of hydrogen-bond donors (Lipinski definition) is 0. The minimum absolute atomic E-state index is 0.354. The summed E-state index contributed by atoms with van der Waals surface area (Å²) in [7, 11) is 4.14. The number of fused-ring (bicyclic) bond motifs is 1. The van der Waals surface area contributed by atoms with E-state index in [0.29, 0.717) is 11.3 Å². The number of thioether (sulfide) groups is 1. The summed E-state index contributed by atoms with van der Waals surface area (Å²) in [4.78, 5) is 11.0. The van der Waals surface area contributed by atoms with Crippen LogP contribution >= 0.6 is 11.8 Å². The lowest BCUT2D eigenvalue weighted by Crippen LogP contribution is -2.19. The van der Waals surface area contributed by atoms with E-state index in [2.05, 4.69) is 41.9 Å². The Kier molecular flexibility index (Phi) is 2.98. The largest absolute Gasteiger partial charge is 0.340 e. The van der Waals surface area contributed by atoms with Crippen molar-refractivity contribution in [1.29, 1.82) is 0 Å². The van der Waals surface area contributed by atoms with E-state index in [9.17, 15) is 0 Å². The zero-order valence-corrected chi connectivity index (χ0v) is 11.7. The Morgan fingerprint density at radius 2 is 2.33 bits per heavy atom. The Morgan fingerprint density at radius 1 is 1.50 bits per heavy atom. The molecule has 18 heavy (non-hydrogen) atoms. The van der Waals surface area contributed by atoms with Gasteiger partial charge in [0.25, 0.3) is 0 Å². The fourth-order valence-electron chi connectivity index (χ4n) is 2.21. The molecule has 5 heteroatoms. The second-order valence-corrected chi connectivity index (χ2v) is 6.52. The van der Waals surface area contributed by atoms with Gasteiger partial charge in [0.1, 0.15) is 5.04 Å². The maximum atomic E-state index is 4.78. The van der Waals surface area contributed by atoms with Crippen LogP contribution in [0, 0.1) is 0 Å². The van der Waals surface area contributed by atoms with Crippen LogP contribution in [0.5, 0.6) is 0 Å². The highest BCUT2D eigenvalue weighted by atomic mass is 32.2. The van der Waals surface area contributed by atoms with E-state index in [4.69, 9.17) is 4.99 Å². The third kappa shape index (κ3) is 2.34. The van der Waals surface area contributed by atoms with Gasteiger partial charge in [0, 0.05) is 18.2 Å². The molecule has 4 nitrogen and oxygen atoms in total. The first-order valence-corrected chi connectivity index (χ1v) is 7.09. The average molecular weight is 261 g/mol. The van der Waals surface area contributed by atoms with Gasteiger partial charge in [-0.05, 0) is 32.7 Å². The van der Waals surface area contributed by atoms with Gasteiger partial charge >= 0.3 is 6.21 Å². The lowest BCUT2D eigenvalue weighted by atomic mass is 10.2. The van der Waals surface area contributed by atoms with Gasteiger partial charge in [0.2, 0.25) is 0 Å². The summed E-state index contributed by atoms with van der Waals surface area (Å²) in [6.07, 6.45) is 5.18. The highest BCUT2D eigenvalue weighted by molar-refractivity contribution is 8.15. The number of nitrogens with zero attached hydrogens (tertiary/aromatic N) is 4. The van der Waals surface area contributed by atoms with Gasteiger partial charge in [-0.2, -0.15) is 0 Å². The van der Waals surface area contributed by atoms with Crippen molar-refractivity contribution in [3.05, 3.63) is 22.9 Å². The van der Waals surface area contributed by atoms with Gasteiger partial charge in [-0.15, -0.1) is 0 Å². The molecule has 0 aromatic heterocycles. The highest BCUT2D eigenvalue weighted by Crippen LogP contribution is 2.39. The van der Waals surface area contributed by atoms with Gasteiger partial charge in [-0.3, -0.25) is 0 Å². The summed E-state index contributed by atoms with van der Waals surface area (Å²) < 4.78 is 0. The second-order valence-electron chi connectivity index (χ2n) is 5.15. The molecule has 2 aliphatic heterocycles. The molecule has 0 spiro atoms. The Bertz CT molecular complexity index is 535. The summed E-state index contributed by atoms with van der Waals surface area (Å²) in [5, 5.41) is 5.76. The molecule has 2 heterocycles. The van der Waals surface area contributed by atoms with Crippen molar-refractivity contribution in [3.8, 4) is 0 Å². The predicted octanol–water partition coefficient (Wildman–Crippen LogP) is 1.78. The Morgan fingerprint density at radius 3 is 3.11 bits per heavy atom. The van der Waals surface area contributed by atoms with Crippen LogP contribution in [0.2, 0.25) is 0 Å². The molecular weight excluding hydrogens is 244 g/mol. The van der Waals surface area contributed by atoms with Crippen molar-refractivity contribution in [1.82, 2.24) is 4.90 Å². The summed E-state index contributed by atoms with van der Waals surface area (Å²) in [6, 6.07) is 0.354. The third-order valence-corrected chi connectivity index (χ3v) is 4.11. The normalized spacial score (nSPS) is 29.3. The van der Waals surface area contributed by atoms with Gasteiger partial charge < -0.3 is 4.90 Å². The molecule has 0 saturated heterocycles. The summed E-state index contributed by atoms with van der Waals surface area (Å²) in [5.41, 5.74) is 3.79. The first kappa shape index (κ1) is 11.9. The van der Waals surface area contributed by atoms with E-state index in [1.807, 2.05) is 18.0 Å². The molecule has 0 radical (unpaired) electrons. The monoisotopic (exact) mass is 261 g/mol. The van der Waals surface area contributed by atoms with Crippen LogP contribution in [0.25, 0.3) is 0 Å². The smallest absolute Gasteiger partial charge is 0.304 e. The van der Waals surface area contributed by atoms with Crippen LogP contribution in [0.3, 0.4) is 0 Å². The standard InChI is InChI=1S/C13H17N4S/c1-8-4-9(7-17(2)3)15-13(18-8)11-6-14-16-12-5-10(11)12/h4,6,8,12H,5,7H2,1-3H3/q+1. The van der Waals surface area contributed by atoms with Crippen molar-refractivity contribution in [2.45, 2.75) is 24.6 Å². The van der Waals surface area contributed by atoms with Gasteiger partial charge in [0.15, 0.2) is 6.04 Å². The second kappa shape index (κ2) is 4.50. The van der Waals surface area contributed by atoms with Crippen molar-refractivity contribution >= 4 is 23.0 Å². The Hall–Kier alpha value is -1.16. The molecule has 2 unspecified atom stereocenters. The number of likely N-dealkylation sites (N-methyl/N-ethyl adjacent to an activating group) is 1. The molecular formula is C13H17N4S+. The van der Waals surface area contributed by atoms with E-state index in [1.165, 1.54) is 11.1 Å². The fourth-order valence-corrected chi connectivity index (χ4v) is 3.27. The third-order valence-electron chi connectivity index (χ3n) is 3.07. The molecule has 3 rings (SSSR count). The summed E-state index contributed by atoms with van der Waals surface area (Å²) >= 11 is 1.82. The quantitative estimate of drug-likeness (QED) is 0.727. The molecule has 3 aliphatic rings. The van der Waals surface area contributed by atoms with Crippen molar-refractivity contribution < 1.29 is 4.79 Å². The van der Waals surface area contributed by atoms with Gasteiger partial charge in [0.05, 0.1) is 21.2 Å². The average Bonchev–Trinajstić information content (AvgIpc) is 3.05. The van der Waals surface area contributed by atoms with Crippen molar-refractivity contribution in [2.24, 2.45) is 10.1 Å². The molecule has 1 fully saturated rings. The van der Waals surface area contributed by atoms with E-state index < -0.39 is 0 Å². The lowest BCUT2D eigenvalue weighted by molar-refractivity contribution is -0.0859. The fraction of sp³-hybridized carbons (Fsp3) is 0.538. The number of aliphatic imine (C=N–C) groups is 1. The van der Waals surface area contributed by atoms with Gasteiger partial charge in [-0.25, -0.2) is 4.99 Å². The van der Waals surface area contributed by atoms with Crippen LogP contribution < -0.4 is 0 Å². The molecule has 0 amide bonds. The van der Waals surface area contributed by atoms with Gasteiger partial charge in [-0.1, -0.05) is 11.8 Å². The maximum absolute atomic E-state index is 4.78. The molecule has 0 aromatic rings. The summed E-state index contributed by atoms with van der Waals surface area (Å²) in [6.45, 7) is 3.11. The minimum Gasteiger partial charge on any atom is -0.304 e. The highest BCUT2D eigenvalue weighted by Gasteiger charge is 2.42. The van der Waals surface area contributed by atoms with Crippen LogP contribution in [0.4, 0.5) is 0 Å². The topological polar surface area (TPSA) is 42.1 Å². The minimum atomic E-state index is 0.354. The first-order valence-electron chi connectivity index (χ1n) is 6.21. The van der Waals surface area contributed by atoms with E-state index in [-0.39, 0.29) is 0 Å². The van der Waals surface area contributed by atoms with Crippen LogP contribution in [0.15, 0.2) is 33.0 Å². The molecule has 0 N–H and O–H groups in total. The Labute approximate surface area is 111 Å². The van der Waals surface area contributed by atoms with E-state index in [1.54, 1.807) is 0 Å². The van der Waals surface area contributed by atoms with E-state index in [0.717, 1.165) is 23.7 Å². The number of hydrogen-bond acceptors (Lipinski definition) is 4. The molecule has 1 saturated carbocycles. The summed E-state index contributed by atoms with van der Waals surface area (Å²) in [5.74, 6) is 0. The van der Waals surface area contributed by atoms with Crippen molar-refractivity contribution in [3.63, 3.8) is 0 Å². The van der Waals surface area contributed by atoms with Crippen molar-refractivity contribution in [2.75, 3.05) is 20.6 Å². The molecule has 0 bridgehead atoms.